The van der Waals surface area contributed by atoms with Crippen LogP contribution in [0.5, 0.6) is 0 Å². The molecule has 1 atom stereocenters. The summed E-state index contributed by atoms with van der Waals surface area (Å²) in [5, 5.41) is 5.45. The summed E-state index contributed by atoms with van der Waals surface area (Å²) in [5.41, 5.74) is 2.08. The van der Waals surface area contributed by atoms with Gasteiger partial charge in [-0.05, 0) is 24.6 Å². The van der Waals surface area contributed by atoms with Gasteiger partial charge in [-0.1, -0.05) is 6.07 Å². The number of benzene rings is 1. The number of rotatable bonds is 1. The van der Waals surface area contributed by atoms with E-state index in [1.807, 2.05) is 0 Å². The van der Waals surface area contributed by atoms with Gasteiger partial charge in [0.15, 0.2) is 0 Å². The number of piperazine rings is 1. The Morgan fingerprint density at radius 1 is 1.35 bits per heavy atom. The van der Waals surface area contributed by atoms with Crippen molar-refractivity contribution in [1.82, 2.24) is 10.2 Å². The standard InChI is InChI=1S/C14H15N3O3/c1-8-13(19)15-4-5-17(8)14(20)10-3-2-9-7-12(18)16-11(9)6-10/h2-3,6,8H,4-5,7H2,1H3,(H,15,19)(H,16,18). The van der Waals surface area contributed by atoms with Crippen LogP contribution in [0.4, 0.5) is 5.69 Å². The zero-order valence-corrected chi connectivity index (χ0v) is 11.1. The Labute approximate surface area is 116 Å². The van der Waals surface area contributed by atoms with Crippen molar-refractivity contribution in [3.8, 4) is 0 Å². The van der Waals surface area contributed by atoms with Crippen LogP contribution in [0.1, 0.15) is 22.8 Å². The second-order valence-electron chi connectivity index (χ2n) is 5.06. The van der Waals surface area contributed by atoms with Crippen LogP contribution in [0.25, 0.3) is 0 Å². The molecule has 0 bridgehead atoms. The molecule has 1 fully saturated rings. The first-order valence-corrected chi connectivity index (χ1v) is 6.58. The Morgan fingerprint density at radius 3 is 2.95 bits per heavy atom. The number of nitrogens with zero attached hydrogens (tertiary/aromatic N) is 1. The van der Waals surface area contributed by atoms with E-state index in [0.717, 1.165) is 5.56 Å². The van der Waals surface area contributed by atoms with Crippen LogP contribution < -0.4 is 10.6 Å². The number of amides is 3. The Bertz CT molecular complexity index is 612. The van der Waals surface area contributed by atoms with Gasteiger partial charge in [-0.25, -0.2) is 0 Å². The van der Waals surface area contributed by atoms with E-state index >= 15 is 0 Å². The molecule has 1 saturated heterocycles. The van der Waals surface area contributed by atoms with E-state index in [9.17, 15) is 14.4 Å². The highest BCUT2D eigenvalue weighted by Gasteiger charge is 2.30. The predicted octanol–water partition coefficient (Wildman–Crippen LogP) is 0.142. The predicted molar refractivity (Wildman–Crippen MR) is 72.3 cm³/mol. The first kappa shape index (κ1) is 12.7. The van der Waals surface area contributed by atoms with Crippen molar-refractivity contribution in [2.45, 2.75) is 19.4 Å². The molecule has 1 aromatic carbocycles. The maximum absolute atomic E-state index is 12.5. The first-order chi connectivity index (χ1) is 9.56. The lowest BCUT2D eigenvalue weighted by atomic mass is 10.1. The van der Waals surface area contributed by atoms with Gasteiger partial charge in [-0.2, -0.15) is 0 Å². The summed E-state index contributed by atoms with van der Waals surface area (Å²) in [5.74, 6) is -0.384. The Morgan fingerprint density at radius 2 is 2.15 bits per heavy atom. The molecule has 2 aliphatic heterocycles. The van der Waals surface area contributed by atoms with E-state index in [-0.39, 0.29) is 17.7 Å². The zero-order chi connectivity index (χ0) is 14.3. The summed E-state index contributed by atoms with van der Waals surface area (Å²) in [4.78, 5) is 37.0. The molecule has 2 N–H and O–H groups in total. The second-order valence-corrected chi connectivity index (χ2v) is 5.06. The Hall–Kier alpha value is -2.37. The third kappa shape index (κ3) is 2.03. The summed E-state index contributed by atoms with van der Waals surface area (Å²) in [6, 6.07) is 4.71. The molecule has 0 spiro atoms. The minimum absolute atomic E-state index is 0.0599. The third-order valence-corrected chi connectivity index (χ3v) is 3.74. The monoisotopic (exact) mass is 273 g/mol. The van der Waals surface area contributed by atoms with Gasteiger partial charge in [0.25, 0.3) is 5.91 Å². The van der Waals surface area contributed by atoms with Crippen LogP contribution in [-0.4, -0.2) is 41.8 Å². The van der Waals surface area contributed by atoms with Gasteiger partial charge in [0.1, 0.15) is 6.04 Å². The van der Waals surface area contributed by atoms with Crippen LogP contribution in [-0.2, 0) is 16.0 Å². The first-order valence-electron chi connectivity index (χ1n) is 6.58. The number of hydrogen-bond acceptors (Lipinski definition) is 3. The highest BCUT2D eigenvalue weighted by Crippen LogP contribution is 2.25. The molecule has 0 saturated carbocycles. The Balaban J connectivity index is 1.86. The molecule has 6 heteroatoms. The molecule has 0 aliphatic carbocycles. The molecule has 3 rings (SSSR count). The topological polar surface area (TPSA) is 78.5 Å². The molecule has 0 aromatic heterocycles. The molecular weight excluding hydrogens is 258 g/mol. The number of carbonyl (C=O) groups is 3. The largest absolute Gasteiger partial charge is 0.353 e. The fourth-order valence-corrected chi connectivity index (χ4v) is 2.57. The molecule has 20 heavy (non-hydrogen) atoms. The minimum atomic E-state index is -0.473. The molecule has 0 radical (unpaired) electrons. The van der Waals surface area contributed by atoms with Crippen LogP contribution in [0.3, 0.4) is 0 Å². The van der Waals surface area contributed by atoms with E-state index < -0.39 is 6.04 Å². The second kappa shape index (κ2) is 4.63. The van der Waals surface area contributed by atoms with Gasteiger partial charge in [0.2, 0.25) is 11.8 Å². The summed E-state index contributed by atoms with van der Waals surface area (Å²) in [6.45, 7) is 2.67. The smallest absolute Gasteiger partial charge is 0.254 e. The van der Waals surface area contributed by atoms with Crippen LogP contribution in [0.15, 0.2) is 18.2 Å². The van der Waals surface area contributed by atoms with E-state index in [1.54, 1.807) is 30.0 Å². The number of carbonyl (C=O) groups excluding carboxylic acids is 3. The van der Waals surface area contributed by atoms with Gasteiger partial charge in [-0.15, -0.1) is 0 Å². The zero-order valence-electron chi connectivity index (χ0n) is 11.1. The number of nitrogens with one attached hydrogen (secondary N) is 2. The van der Waals surface area contributed by atoms with Crippen LogP contribution in [0, 0.1) is 0 Å². The summed E-state index contributed by atoms with van der Waals surface area (Å²) in [7, 11) is 0. The molecule has 2 heterocycles. The normalized spacial score (nSPS) is 21.2. The van der Waals surface area contributed by atoms with Crippen molar-refractivity contribution >= 4 is 23.4 Å². The highest BCUT2D eigenvalue weighted by molar-refractivity contribution is 6.03. The van der Waals surface area contributed by atoms with Crippen LogP contribution >= 0.6 is 0 Å². The van der Waals surface area contributed by atoms with Crippen molar-refractivity contribution in [3.05, 3.63) is 29.3 Å². The molecule has 3 amide bonds. The van der Waals surface area contributed by atoms with Gasteiger partial charge in [-0.3, -0.25) is 14.4 Å². The quantitative estimate of drug-likeness (QED) is 0.764. The average Bonchev–Trinajstić information content (AvgIpc) is 2.80. The summed E-state index contributed by atoms with van der Waals surface area (Å²) in [6.07, 6.45) is 0.353. The molecule has 2 aliphatic rings. The fourth-order valence-electron chi connectivity index (χ4n) is 2.57. The van der Waals surface area contributed by atoms with Crippen molar-refractivity contribution in [2.75, 3.05) is 18.4 Å². The lowest BCUT2D eigenvalue weighted by Gasteiger charge is -2.32. The van der Waals surface area contributed by atoms with E-state index in [2.05, 4.69) is 10.6 Å². The lowest BCUT2D eigenvalue weighted by Crippen LogP contribution is -2.55. The number of anilines is 1. The number of hydrogen-bond donors (Lipinski definition) is 2. The number of fused-ring (bicyclic) bond motifs is 1. The third-order valence-electron chi connectivity index (χ3n) is 3.74. The molecule has 6 nitrogen and oxygen atoms in total. The average molecular weight is 273 g/mol. The Kier molecular flexibility index (Phi) is 2.93. The van der Waals surface area contributed by atoms with E-state index in [1.165, 1.54) is 0 Å². The minimum Gasteiger partial charge on any atom is -0.353 e. The fraction of sp³-hybridized carbons (Fsp3) is 0.357. The van der Waals surface area contributed by atoms with Gasteiger partial charge in [0.05, 0.1) is 6.42 Å². The van der Waals surface area contributed by atoms with Gasteiger partial charge >= 0.3 is 0 Å². The van der Waals surface area contributed by atoms with E-state index in [0.29, 0.717) is 30.8 Å². The molecule has 1 unspecified atom stereocenters. The van der Waals surface area contributed by atoms with Gasteiger partial charge < -0.3 is 15.5 Å². The summed E-state index contributed by atoms with van der Waals surface area (Å²) >= 11 is 0. The maximum atomic E-state index is 12.5. The van der Waals surface area contributed by atoms with E-state index in [4.69, 9.17) is 0 Å². The molecule has 104 valence electrons. The maximum Gasteiger partial charge on any atom is 0.254 e. The summed E-state index contributed by atoms with van der Waals surface area (Å²) < 4.78 is 0. The van der Waals surface area contributed by atoms with Crippen molar-refractivity contribution < 1.29 is 14.4 Å². The van der Waals surface area contributed by atoms with Crippen molar-refractivity contribution in [1.29, 1.82) is 0 Å². The van der Waals surface area contributed by atoms with Crippen LogP contribution in [0.2, 0.25) is 0 Å². The SMILES string of the molecule is CC1C(=O)NCCN1C(=O)c1ccc2c(c1)NC(=O)C2. The van der Waals surface area contributed by atoms with Crippen molar-refractivity contribution in [2.24, 2.45) is 0 Å². The van der Waals surface area contributed by atoms with Crippen molar-refractivity contribution in [3.63, 3.8) is 0 Å². The lowest BCUT2D eigenvalue weighted by molar-refractivity contribution is -0.127. The van der Waals surface area contributed by atoms with Gasteiger partial charge in [0, 0.05) is 24.3 Å². The molecular formula is C14H15N3O3. The highest BCUT2D eigenvalue weighted by atomic mass is 16.2. The molecule has 1 aromatic rings.